The lowest BCUT2D eigenvalue weighted by Crippen LogP contribution is -2.22. The highest BCUT2D eigenvalue weighted by Crippen LogP contribution is 2.34. The molecule has 0 aliphatic carbocycles. The number of H-pyrrole nitrogens is 1. The lowest BCUT2D eigenvalue weighted by molar-refractivity contribution is -0.141. The Morgan fingerprint density at radius 1 is 1.15 bits per heavy atom. The number of aromatic amines is 1. The van der Waals surface area contributed by atoms with Gasteiger partial charge in [0.25, 0.3) is 11.8 Å². The third kappa shape index (κ3) is 4.14. The summed E-state index contributed by atoms with van der Waals surface area (Å²) < 4.78 is 40.8. The number of amides is 2. The van der Waals surface area contributed by atoms with Gasteiger partial charge >= 0.3 is 6.18 Å². The quantitative estimate of drug-likeness (QED) is 0.426. The van der Waals surface area contributed by atoms with Crippen LogP contribution in [0.3, 0.4) is 0 Å². The lowest BCUT2D eigenvalue weighted by atomic mass is 10.0. The molecule has 0 aliphatic heterocycles. The van der Waals surface area contributed by atoms with Crippen molar-refractivity contribution in [1.82, 2.24) is 35.4 Å². The summed E-state index contributed by atoms with van der Waals surface area (Å²) in [5.41, 5.74) is 0.722. The minimum absolute atomic E-state index is 0.193. The van der Waals surface area contributed by atoms with Gasteiger partial charge < -0.3 is 15.6 Å². The molecule has 12 heteroatoms. The summed E-state index contributed by atoms with van der Waals surface area (Å²) in [6.45, 7) is 2.16. The van der Waals surface area contributed by atoms with Crippen molar-refractivity contribution in [2.45, 2.75) is 13.1 Å². The van der Waals surface area contributed by atoms with Crippen molar-refractivity contribution in [2.24, 2.45) is 0 Å². The first-order valence-electron chi connectivity index (χ1n) is 9.83. The van der Waals surface area contributed by atoms with Crippen LogP contribution in [0, 0.1) is 0 Å². The predicted octanol–water partition coefficient (Wildman–Crippen LogP) is 2.94. The minimum atomic E-state index is -4.64. The fourth-order valence-electron chi connectivity index (χ4n) is 3.35. The molecular weight excluding hydrogens is 439 g/mol. The Morgan fingerprint density at radius 2 is 1.94 bits per heavy atom. The van der Waals surface area contributed by atoms with E-state index < -0.39 is 11.9 Å². The van der Waals surface area contributed by atoms with Gasteiger partial charge in [-0.3, -0.25) is 14.6 Å². The molecule has 4 rings (SSSR count). The molecule has 0 atom stereocenters. The van der Waals surface area contributed by atoms with E-state index in [9.17, 15) is 22.8 Å². The zero-order chi connectivity index (χ0) is 23.8. The van der Waals surface area contributed by atoms with Gasteiger partial charge in [0.05, 0.1) is 11.3 Å². The Kier molecular flexibility index (Phi) is 5.58. The number of nitrogens with zero attached hydrogens (tertiary/aromatic N) is 4. The highest BCUT2D eigenvalue weighted by atomic mass is 19.4. The van der Waals surface area contributed by atoms with Gasteiger partial charge in [-0.25, -0.2) is 9.67 Å². The molecule has 9 nitrogen and oxygen atoms in total. The van der Waals surface area contributed by atoms with Gasteiger partial charge in [-0.2, -0.15) is 18.3 Å². The van der Waals surface area contributed by atoms with Crippen LogP contribution in [0.1, 0.15) is 33.5 Å². The second-order valence-corrected chi connectivity index (χ2v) is 7.01. The zero-order valence-corrected chi connectivity index (χ0v) is 17.5. The predicted molar refractivity (Wildman–Crippen MR) is 113 cm³/mol. The fraction of sp³-hybridized carbons (Fsp3) is 0.190. The van der Waals surface area contributed by atoms with E-state index in [0.717, 1.165) is 10.7 Å². The largest absolute Gasteiger partial charge is 0.435 e. The van der Waals surface area contributed by atoms with Crippen LogP contribution in [0.2, 0.25) is 0 Å². The molecule has 3 N–H and O–H groups in total. The molecule has 0 aromatic carbocycles. The number of hydrogen-bond donors (Lipinski definition) is 3. The van der Waals surface area contributed by atoms with Crippen molar-refractivity contribution in [3.63, 3.8) is 0 Å². The van der Waals surface area contributed by atoms with Crippen LogP contribution >= 0.6 is 0 Å². The molecule has 0 bridgehead atoms. The SMILES string of the molecule is CCNC(=O)c1cc2c(-n3ccc(C(F)(F)F)n3)c(-c3cncc(C(=O)NC)c3)cnc2[nH]1. The molecule has 170 valence electrons. The van der Waals surface area contributed by atoms with Crippen LogP contribution < -0.4 is 10.6 Å². The minimum Gasteiger partial charge on any atom is -0.355 e. The number of halogens is 3. The van der Waals surface area contributed by atoms with Crippen molar-refractivity contribution >= 4 is 22.8 Å². The maximum Gasteiger partial charge on any atom is 0.435 e. The van der Waals surface area contributed by atoms with Crippen LogP contribution in [0.4, 0.5) is 13.2 Å². The third-order valence-corrected chi connectivity index (χ3v) is 4.86. The standard InChI is InChI=1S/C21H18F3N7O2/c1-3-27-20(33)15-7-13-17(31-5-4-16(30-31)21(22,23)24)14(10-28-18(13)29-15)11-6-12(9-26-8-11)19(32)25-2/h4-10H,3H2,1-2H3,(H,25,32)(H,27,33)(H,28,29). The zero-order valence-electron chi connectivity index (χ0n) is 17.5. The average molecular weight is 457 g/mol. The number of pyridine rings is 2. The number of nitrogens with one attached hydrogen (secondary N) is 3. The highest BCUT2D eigenvalue weighted by Gasteiger charge is 2.34. The van der Waals surface area contributed by atoms with Gasteiger partial charge in [0.1, 0.15) is 11.3 Å². The molecule has 0 spiro atoms. The molecular formula is C21H18F3N7O2. The van der Waals surface area contributed by atoms with E-state index in [1.54, 1.807) is 13.0 Å². The van der Waals surface area contributed by atoms with Gasteiger partial charge in [0, 0.05) is 54.9 Å². The third-order valence-electron chi connectivity index (χ3n) is 4.86. The first kappa shape index (κ1) is 22.0. The van der Waals surface area contributed by atoms with E-state index in [4.69, 9.17) is 0 Å². The van der Waals surface area contributed by atoms with Crippen molar-refractivity contribution < 1.29 is 22.8 Å². The second-order valence-electron chi connectivity index (χ2n) is 7.01. The van der Waals surface area contributed by atoms with Crippen molar-refractivity contribution in [2.75, 3.05) is 13.6 Å². The average Bonchev–Trinajstić information content (AvgIpc) is 3.45. The molecule has 0 aliphatic rings. The number of rotatable bonds is 5. The molecule has 0 unspecified atom stereocenters. The van der Waals surface area contributed by atoms with Crippen LogP contribution in [-0.2, 0) is 6.18 Å². The Hall–Kier alpha value is -4.22. The monoisotopic (exact) mass is 457 g/mol. The second kappa shape index (κ2) is 8.37. The van der Waals surface area contributed by atoms with Gasteiger partial charge in [0.2, 0.25) is 0 Å². The first-order valence-corrected chi connectivity index (χ1v) is 9.83. The Balaban J connectivity index is 1.97. The molecule has 4 heterocycles. The topological polar surface area (TPSA) is 118 Å². The summed E-state index contributed by atoms with van der Waals surface area (Å²) in [6.07, 6.45) is 0.797. The summed E-state index contributed by atoms with van der Waals surface area (Å²) >= 11 is 0. The maximum absolute atomic E-state index is 13.2. The molecule has 4 aromatic rings. The van der Waals surface area contributed by atoms with Gasteiger partial charge in [0.15, 0.2) is 5.69 Å². The van der Waals surface area contributed by atoms with E-state index >= 15 is 0 Å². The smallest absolute Gasteiger partial charge is 0.355 e. The van der Waals surface area contributed by atoms with Crippen molar-refractivity contribution in [1.29, 1.82) is 0 Å². The van der Waals surface area contributed by atoms with Gasteiger partial charge in [-0.05, 0) is 25.1 Å². The van der Waals surface area contributed by atoms with Crippen LogP contribution in [-0.4, -0.2) is 50.1 Å². The van der Waals surface area contributed by atoms with E-state index in [-0.39, 0.29) is 34.4 Å². The van der Waals surface area contributed by atoms with E-state index in [2.05, 4.69) is 30.7 Å². The number of carbonyl (C=O) groups excluding carboxylic acids is 2. The summed E-state index contributed by atoms with van der Waals surface area (Å²) in [5.74, 6) is -0.763. The van der Waals surface area contributed by atoms with E-state index in [1.807, 2.05) is 0 Å². The van der Waals surface area contributed by atoms with E-state index in [1.165, 1.54) is 37.9 Å². The summed E-state index contributed by atoms with van der Waals surface area (Å²) in [5, 5.41) is 9.23. The Morgan fingerprint density at radius 3 is 2.61 bits per heavy atom. The van der Waals surface area contributed by atoms with Crippen molar-refractivity contribution in [3.05, 3.63) is 59.9 Å². The Labute approximate surface area is 185 Å². The maximum atomic E-state index is 13.2. The molecule has 0 fully saturated rings. The van der Waals surface area contributed by atoms with Gasteiger partial charge in [-0.15, -0.1) is 0 Å². The van der Waals surface area contributed by atoms with Crippen LogP contribution in [0.25, 0.3) is 27.8 Å². The Bertz CT molecular complexity index is 1360. The molecule has 0 saturated heterocycles. The summed E-state index contributed by atoms with van der Waals surface area (Å²) in [6, 6.07) is 3.90. The summed E-state index contributed by atoms with van der Waals surface area (Å²) in [4.78, 5) is 35.7. The van der Waals surface area contributed by atoms with Crippen LogP contribution in [0.15, 0.2) is 43.0 Å². The number of hydrogen-bond acceptors (Lipinski definition) is 5. The lowest BCUT2D eigenvalue weighted by Gasteiger charge is -2.12. The first-order chi connectivity index (χ1) is 15.7. The number of alkyl halides is 3. The summed E-state index contributed by atoms with van der Waals surface area (Å²) in [7, 11) is 1.47. The molecule has 0 radical (unpaired) electrons. The molecule has 4 aromatic heterocycles. The fourth-order valence-corrected chi connectivity index (χ4v) is 3.35. The van der Waals surface area contributed by atoms with E-state index in [0.29, 0.717) is 23.1 Å². The number of carbonyl (C=O) groups is 2. The van der Waals surface area contributed by atoms with Gasteiger partial charge in [-0.1, -0.05) is 0 Å². The number of aromatic nitrogens is 5. The molecule has 33 heavy (non-hydrogen) atoms. The van der Waals surface area contributed by atoms with Crippen molar-refractivity contribution in [3.8, 4) is 16.8 Å². The molecule has 0 saturated carbocycles. The molecule has 2 amide bonds. The normalized spacial score (nSPS) is 11.5. The highest BCUT2D eigenvalue weighted by molar-refractivity contribution is 6.02. The number of fused-ring (bicyclic) bond motifs is 1. The van der Waals surface area contributed by atoms with Crippen LogP contribution in [0.5, 0.6) is 0 Å².